The predicted octanol–water partition coefficient (Wildman–Crippen LogP) is 5.71. The number of benzene rings is 1. The second-order valence-corrected chi connectivity index (χ2v) is 8.49. The maximum Gasteiger partial charge on any atom is 0.433 e. The molecule has 0 amide bonds. The van der Waals surface area contributed by atoms with Crippen LogP contribution in [-0.4, -0.2) is 26.2 Å². The average Bonchev–Trinajstić information content (AvgIpc) is 2.85. The molecule has 0 bridgehead atoms. The summed E-state index contributed by atoms with van der Waals surface area (Å²) >= 11 is 0. The summed E-state index contributed by atoms with van der Waals surface area (Å²) in [5.74, 6) is 1.66. The Morgan fingerprint density at radius 2 is 1.74 bits per heavy atom. The van der Waals surface area contributed by atoms with Gasteiger partial charge >= 0.3 is 6.18 Å². The van der Waals surface area contributed by atoms with Gasteiger partial charge in [-0.15, -0.1) is 10.2 Å². The van der Waals surface area contributed by atoms with E-state index in [9.17, 15) is 13.2 Å². The van der Waals surface area contributed by atoms with Gasteiger partial charge in [0.1, 0.15) is 11.5 Å². The van der Waals surface area contributed by atoms with Crippen molar-refractivity contribution in [3.63, 3.8) is 0 Å². The number of anilines is 2. The fourth-order valence-electron chi connectivity index (χ4n) is 4.30. The standard InChI is InChI=1S/C24H25F3N6O/c25-24(26,27)21-11-9-19(14-29-21)30-23-12-10-20(31-32-23)18-7-5-17(6-8-18)16-3-1-15(2-4-16)13-22(28)33-34/h5-12,14-16,34H,1-4,13H2,(H2,28,33)(H,30,32). The Labute approximate surface area is 194 Å². The zero-order chi connectivity index (χ0) is 24.1. The van der Waals surface area contributed by atoms with Crippen LogP contribution in [0.3, 0.4) is 0 Å². The highest BCUT2D eigenvalue weighted by atomic mass is 19.4. The molecular formula is C24H25F3N6O. The van der Waals surface area contributed by atoms with Crippen molar-refractivity contribution in [2.24, 2.45) is 16.8 Å². The van der Waals surface area contributed by atoms with Crippen LogP contribution in [0, 0.1) is 5.92 Å². The van der Waals surface area contributed by atoms with Crippen LogP contribution in [-0.2, 0) is 6.18 Å². The van der Waals surface area contributed by atoms with E-state index < -0.39 is 11.9 Å². The van der Waals surface area contributed by atoms with E-state index in [0.717, 1.165) is 43.5 Å². The Kier molecular flexibility index (Phi) is 6.95. The van der Waals surface area contributed by atoms with Crippen LogP contribution in [0.25, 0.3) is 11.3 Å². The van der Waals surface area contributed by atoms with E-state index in [1.165, 1.54) is 11.6 Å². The quantitative estimate of drug-likeness (QED) is 0.184. The summed E-state index contributed by atoms with van der Waals surface area (Å²) in [7, 11) is 0. The third-order valence-electron chi connectivity index (χ3n) is 6.14. The predicted molar refractivity (Wildman–Crippen MR) is 123 cm³/mol. The molecule has 1 aliphatic rings. The molecular weight excluding hydrogens is 445 g/mol. The third-order valence-corrected chi connectivity index (χ3v) is 6.14. The van der Waals surface area contributed by atoms with Crippen molar-refractivity contribution in [3.05, 3.63) is 66.0 Å². The fraction of sp³-hybridized carbons (Fsp3) is 0.333. The van der Waals surface area contributed by atoms with Gasteiger partial charge < -0.3 is 16.3 Å². The van der Waals surface area contributed by atoms with Gasteiger partial charge in [-0.1, -0.05) is 29.4 Å². The van der Waals surface area contributed by atoms with Crippen molar-refractivity contribution >= 4 is 17.3 Å². The van der Waals surface area contributed by atoms with E-state index in [-0.39, 0.29) is 0 Å². The first kappa shape index (κ1) is 23.5. The van der Waals surface area contributed by atoms with Crippen LogP contribution in [0.4, 0.5) is 24.7 Å². The first-order valence-electron chi connectivity index (χ1n) is 11.0. The van der Waals surface area contributed by atoms with Gasteiger partial charge in [-0.2, -0.15) is 13.2 Å². The van der Waals surface area contributed by atoms with Crippen molar-refractivity contribution in [1.82, 2.24) is 15.2 Å². The number of aromatic nitrogens is 3. The Morgan fingerprint density at radius 3 is 2.29 bits per heavy atom. The number of amidine groups is 1. The largest absolute Gasteiger partial charge is 0.433 e. The lowest BCUT2D eigenvalue weighted by atomic mass is 9.77. The van der Waals surface area contributed by atoms with Crippen LogP contribution in [0.5, 0.6) is 0 Å². The summed E-state index contributed by atoms with van der Waals surface area (Å²) in [5.41, 5.74) is 7.99. The molecule has 1 saturated carbocycles. The zero-order valence-electron chi connectivity index (χ0n) is 18.3. The normalized spacial score (nSPS) is 19.1. The number of hydrogen-bond acceptors (Lipinski definition) is 6. The van der Waals surface area contributed by atoms with Crippen molar-refractivity contribution in [2.45, 2.75) is 44.2 Å². The monoisotopic (exact) mass is 470 g/mol. The number of hydrogen-bond donors (Lipinski definition) is 3. The SMILES string of the molecule is NC(CC1CCC(c2ccc(-c3ccc(Nc4ccc(C(F)(F)F)nc4)nn3)cc2)CC1)=NO. The molecule has 2 aromatic heterocycles. The highest BCUT2D eigenvalue weighted by Gasteiger charge is 2.32. The fourth-order valence-corrected chi connectivity index (χ4v) is 4.30. The number of rotatable bonds is 6. The molecule has 3 aromatic rings. The molecule has 1 aliphatic carbocycles. The van der Waals surface area contributed by atoms with E-state index in [1.807, 2.05) is 12.1 Å². The molecule has 2 heterocycles. The first-order valence-corrected chi connectivity index (χ1v) is 11.0. The summed E-state index contributed by atoms with van der Waals surface area (Å²) in [4.78, 5) is 3.42. The van der Waals surface area contributed by atoms with Crippen LogP contribution in [0.1, 0.15) is 49.3 Å². The van der Waals surface area contributed by atoms with Gasteiger partial charge in [-0.05, 0) is 67.3 Å². The minimum Gasteiger partial charge on any atom is -0.409 e. The van der Waals surface area contributed by atoms with Gasteiger partial charge in [0.2, 0.25) is 0 Å². The van der Waals surface area contributed by atoms with Gasteiger partial charge in [0.05, 0.1) is 17.6 Å². The number of pyridine rings is 1. The zero-order valence-corrected chi connectivity index (χ0v) is 18.3. The highest BCUT2D eigenvalue weighted by Crippen LogP contribution is 2.37. The second kappa shape index (κ2) is 10.1. The Balaban J connectivity index is 1.34. The lowest BCUT2D eigenvalue weighted by Gasteiger charge is -2.28. The number of nitrogens with two attached hydrogens (primary N) is 1. The minimum absolute atomic E-state index is 0.297. The highest BCUT2D eigenvalue weighted by molar-refractivity contribution is 5.79. The van der Waals surface area contributed by atoms with Gasteiger partial charge in [0.25, 0.3) is 0 Å². The van der Waals surface area contributed by atoms with Gasteiger partial charge in [-0.3, -0.25) is 0 Å². The molecule has 0 radical (unpaired) electrons. The number of nitrogens with zero attached hydrogens (tertiary/aromatic N) is 4. The lowest BCUT2D eigenvalue weighted by molar-refractivity contribution is -0.141. The van der Waals surface area contributed by atoms with Crippen molar-refractivity contribution < 1.29 is 18.4 Å². The molecule has 7 nitrogen and oxygen atoms in total. The number of oxime groups is 1. The summed E-state index contributed by atoms with van der Waals surface area (Å²) < 4.78 is 37.9. The Hall–Kier alpha value is -3.69. The molecule has 4 N–H and O–H groups in total. The Bertz CT molecular complexity index is 1110. The van der Waals surface area contributed by atoms with Crippen LogP contribution >= 0.6 is 0 Å². The summed E-state index contributed by atoms with van der Waals surface area (Å²) in [5, 5.41) is 23.1. The van der Waals surface area contributed by atoms with Crippen LogP contribution < -0.4 is 11.1 Å². The summed E-state index contributed by atoms with van der Waals surface area (Å²) in [6, 6.07) is 14.0. The number of nitrogens with one attached hydrogen (secondary N) is 1. The van der Waals surface area contributed by atoms with Crippen molar-refractivity contribution in [3.8, 4) is 11.3 Å². The molecule has 1 fully saturated rings. The van der Waals surface area contributed by atoms with E-state index in [4.69, 9.17) is 10.9 Å². The topological polar surface area (TPSA) is 109 Å². The molecule has 0 atom stereocenters. The molecule has 178 valence electrons. The Morgan fingerprint density at radius 1 is 1.00 bits per heavy atom. The molecule has 34 heavy (non-hydrogen) atoms. The minimum atomic E-state index is -4.47. The molecule has 0 saturated heterocycles. The van der Waals surface area contributed by atoms with E-state index in [1.54, 1.807) is 12.1 Å². The summed E-state index contributed by atoms with van der Waals surface area (Å²) in [6.07, 6.45) is 1.53. The molecule has 1 aromatic carbocycles. The van der Waals surface area contributed by atoms with Gasteiger partial charge in [0, 0.05) is 12.0 Å². The van der Waals surface area contributed by atoms with Crippen LogP contribution in [0.15, 0.2) is 59.9 Å². The molecule has 0 unspecified atom stereocenters. The first-order chi connectivity index (χ1) is 16.3. The van der Waals surface area contributed by atoms with Gasteiger partial charge in [-0.25, -0.2) is 4.98 Å². The smallest absolute Gasteiger partial charge is 0.409 e. The number of alkyl halides is 3. The molecule has 0 spiro atoms. The lowest BCUT2D eigenvalue weighted by Crippen LogP contribution is -2.21. The van der Waals surface area contributed by atoms with Crippen molar-refractivity contribution in [2.75, 3.05) is 5.32 Å². The maximum absolute atomic E-state index is 12.6. The molecule has 4 rings (SSSR count). The second-order valence-electron chi connectivity index (χ2n) is 8.49. The van der Waals surface area contributed by atoms with E-state index in [0.29, 0.717) is 41.3 Å². The van der Waals surface area contributed by atoms with Crippen LogP contribution in [0.2, 0.25) is 0 Å². The van der Waals surface area contributed by atoms with E-state index >= 15 is 0 Å². The average molecular weight is 470 g/mol. The number of halogens is 3. The van der Waals surface area contributed by atoms with Gasteiger partial charge in [0.15, 0.2) is 5.82 Å². The van der Waals surface area contributed by atoms with Crippen molar-refractivity contribution in [1.29, 1.82) is 0 Å². The van der Waals surface area contributed by atoms with E-state index in [2.05, 4.69) is 37.8 Å². The summed E-state index contributed by atoms with van der Waals surface area (Å²) in [6.45, 7) is 0. The molecule has 0 aliphatic heterocycles. The molecule has 10 heteroatoms. The third kappa shape index (κ3) is 5.81. The maximum atomic E-state index is 12.6.